The van der Waals surface area contributed by atoms with Crippen LogP contribution in [-0.2, 0) is 4.79 Å². The van der Waals surface area contributed by atoms with Crippen LogP contribution in [0.25, 0.3) is 0 Å². The lowest BCUT2D eigenvalue weighted by molar-refractivity contribution is -0.124. The molecule has 0 radical (unpaired) electrons. The monoisotopic (exact) mass is 264 g/mol. The maximum absolute atomic E-state index is 12.3. The third kappa shape index (κ3) is 3.79. The molecule has 1 rings (SSSR count). The summed E-state index contributed by atoms with van der Waals surface area (Å²) in [5.74, 6) is 0.763. The average Bonchev–Trinajstić information content (AvgIpc) is 2.64. The molecular weight excluding hydrogens is 236 g/mol. The van der Waals surface area contributed by atoms with Crippen LogP contribution in [0, 0.1) is 11.3 Å². The molecule has 2 nitrogen and oxygen atoms in total. The Kier molecular flexibility index (Phi) is 5.99. The molecular formula is C17H28O2. The predicted molar refractivity (Wildman–Crippen MR) is 80.0 cm³/mol. The Labute approximate surface area is 117 Å². The largest absolute Gasteiger partial charge is 0.396 e. The topological polar surface area (TPSA) is 37.3 Å². The van der Waals surface area contributed by atoms with Crippen molar-refractivity contribution < 1.29 is 9.90 Å². The highest BCUT2D eigenvalue weighted by Crippen LogP contribution is 2.48. The number of aliphatic hydroxyl groups excluding tert-OH is 1. The standard InChI is InChI=1S/C17H28O2/c1-13(2)7-5-9-15-10-11-16(19)17(15,4)14(3)8-6-12-18/h7,15,18H,3,5-6,8-12H2,1-2,4H3. The van der Waals surface area contributed by atoms with Gasteiger partial charge in [-0.15, -0.1) is 0 Å². The van der Waals surface area contributed by atoms with Gasteiger partial charge >= 0.3 is 0 Å². The highest BCUT2D eigenvalue weighted by atomic mass is 16.2. The first-order chi connectivity index (χ1) is 8.92. The van der Waals surface area contributed by atoms with Gasteiger partial charge in [0.2, 0.25) is 0 Å². The maximum atomic E-state index is 12.3. The first-order valence-electron chi connectivity index (χ1n) is 7.38. The van der Waals surface area contributed by atoms with Gasteiger partial charge in [-0.3, -0.25) is 4.79 Å². The molecule has 2 heteroatoms. The Morgan fingerprint density at radius 3 is 2.79 bits per heavy atom. The van der Waals surface area contributed by atoms with Crippen LogP contribution in [0.4, 0.5) is 0 Å². The zero-order valence-corrected chi connectivity index (χ0v) is 12.7. The predicted octanol–water partition coefficient (Wildman–Crippen LogP) is 4.05. The molecule has 1 aliphatic carbocycles. The van der Waals surface area contributed by atoms with Crippen molar-refractivity contribution in [3.63, 3.8) is 0 Å². The second-order valence-electron chi connectivity index (χ2n) is 6.15. The number of hydrogen-bond donors (Lipinski definition) is 1. The zero-order valence-electron chi connectivity index (χ0n) is 12.7. The van der Waals surface area contributed by atoms with Gasteiger partial charge in [-0.05, 0) is 58.8 Å². The third-order valence-corrected chi connectivity index (χ3v) is 4.55. The second-order valence-corrected chi connectivity index (χ2v) is 6.15. The number of aliphatic hydroxyl groups is 1. The summed E-state index contributed by atoms with van der Waals surface area (Å²) in [7, 11) is 0. The summed E-state index contributed by atoms with van der Waals surface area (Å²) in [5.41, 5.74) is 2.00. The second kappa shape index (κ2) is 7.04. The van der Waals surface area contributed by atoms with Gasteiger partial charge in [-0.1, -0.05) is 23.8 Å². The Balaban J connectivity index is 2.72. The minimum Gasteiger partial charge on any atom is -0.396 e. The molecule has 0 aromatic heterocycles. The number of Topliss-reactive ketones (excluding diaryl/α,β-unsaturated/α-hetero) is 1. The first kappa shape index (κ1) is 16.2. The summed E-state index contributed by atoms with van der Waals surface area (Å²) in [5, 5.41) is 8.94. The van der Waals surface area contributed by atoms with Gasteiger partial charge in [0, 0.05) is 18.4 Å². The van der Waals surface area contributed by atoms with E-state index in [9.17, 15) is 4.79 Å². The van der Waals surface area contributed by atoms with Crippen molar-refractivity contribution in [1.82, 2.24) is 0 Å². The third-order valence-electron chi connectivity index (χ3n) is 4.55. The molecule has 2 atom stereocenters. The molecule has 0 bridgehead atoms. The molecule has 0 aromatic carbocycles. The van der Waals surface area contributed by atoms with E-state index < -0.39 is 0 Å². The normalized spacial score (nSPS) is 26.5. The Morgan fingerprint density at radius 2 is 2.21 bits per heavy atom. The van der Waals surface area contributed by atoms with E-state index in [4.69, 9.17) is 5.11 Å². The summed E-state index contributed by atoms with van der Waals surface area (Å²) in [4.78, 5) is 12.3. The highest BCUT2D eigenvalue weighted by molar-refractivity contribution is 5.89. The van der Waals surface area contributed by atoms with E-state index in [2.05, 4.69) is 33.4 Å². The van der Waals surface area contributed by atoms with E-state index in [1.54, 1.807) is 0 Å². The van der Waals surface area contributed by atoms with Gasteiger partial charge in [-0.2, -0.15) is 0 Å². The molecule has 0 spiro atoms. The fraction of sp³-hybridized carbons (Fsp3) is 0.706. The Hall–Kier alpha value is -0.890. The van der Waals surface area contributed by atoms with Crippen LogP contribution < -0.4 is 0 Å². The first-order valence-corrected chi connectivity index (χ1v) is 7.38. The maximum Gasteiger partial charge on any atom is 0.143 e. The summed E-state index contributed by atoms with van der Waals surface area (Å²) >= 11 is 0. The summed E-state index contributed by atoms with van der Waals surface area (Å²) < 4.78 is 0. The van der Waals surface area contributed by atoms with Crippen molar-refractivity contribution in [1.29, 1.82) is 0 Å². The van der Waals surface area contributed by atoms with Crippen molar-refractivity contribution in [2.24, 2.45) is 11.3 Å². The lowest BCUT2D eigenvalue weighted by Gasteiger charge is -2.32. The van der Waals surface area contributed by atoms with Crippen LogP contribution in [0.3, 0.4) is 0 Å². The number of hydrogen-bond acceptors (Lipinski definition) is 2. The van der Waals surface area contributed by atoms with Gasteiger partial charge in [0.05, 0.1) is 0 Å². The van der Waals surface area contributed by atoms with Crippen LogP contribution in [0.15, 0.2) is 23.8 Å². The van der Waals surface area contributed by atoms with Crippen LogP contribution in [0.1, 0.15) is 59.3 Å². The minimum absolute atomic E-state index is 0.172. The molecule has 0 heterocycles. The van der Waals surface area contributed by atoms with E-state index in [0.717, 1.165) is 31.3 Å². The van der Waals surface area contributed by atoms with E-state index in [1.165, 1.54) is 5.57 Å². The van der Waals surface area contributed by atoms with E-state index in [0.29, 0.717) is 24.5 Å². The number of allylic oxidation sites excluding steroid dienone is 3. The van der Waals surface area contributed by atoms with Crippen molar-refractivity contribution in [2.45, 2.75) is 59.3 Å². The number of ketones is 1. The van der Waals surface area contributed by atoms with E-state index >= 15 is 0 Å². The van der Waals surface area contributed by atoms with Crippen LogP contribution in [-0.4, -0.2) is 17.5 Å². The summed E-state index contributed by atoms with van der Waals surface area (Å²) in [6, 6.07) is 0. The fourth-order valence-corrected chi connectivity index (χ4v) is 3.13. The van der Waals surface area contributed by atoms with Gasteiger partial charge in [-0.25, -0.2) is 0 Å². The molecule has 0 aromatic rings. The number of carbonyl (C=O) groups is 1. The lowest BCUT2D eigenvalue weighted by atomic mass is 9.70. The van der Waals surface area contributed by atoms with Gasteiger partial charge in [0.15, 0.2) is 0 Å². The molecule has 19 heavy (non-hydrogen) atoms. The van der Waals surface area contributed by atoms with Crippen molar-refractivity contribution in [3.05, 3.63) is 23.8 Å². The lowest BCUT2D eigenvalue weighted by Crippen LogP contribution is -2.31. The molecule has 0 aliphatic heterocycles. The number of carbonyl (C=O) groups excluding carboxylic acids is 1. The van der Waals surface area contributed by atoms with Crippen molar-refractivity contribution >= 4 is 5.78 Å². The van der Waals surface area contributed by atoms with Crippen LogP contribution in [0.5, 0.6) is 0 Å². The highest BCUT2D eigenvalue weighted by Gasteiger charge is 2.46. The molecule has 1 saturated carbocycles. The Morgan fingerprint density at radius 1 is 1.53 bits per heavy atom. The SMILES string of the molecule is C=C(CCCO)C1(C)C(=O)CCC1CCC=C(C)C. The van der Waals surface area contributed by atoms with Crippen molar-refractivity contribution in [3.8, 4) is 0 Å². The fourth-order valence-electron chi connectivity index (χ4n) is 3.13. The van der Waals surface area contributed by atoms with Crippen molar-refractivity contribution in [2.75, 3.05) is 6.61 Å². The number of rotatable bonds is 7. The molecule has 108 valence electrons. The summed E-state index contributed by atoms with van der Waals surface area (Å²) in [6.07, 6.45) is 7.51. The van der Waals surface area contributed by atoms with E-state index in [1.807, 2.05) is 0 Å². The quantitative estimate of drug-likeness (QED) is 0.704. The molecule has 1 fully saturated rings. The molecule has 1 aliphatic rings. The molecule has 2 unspecified atom stereocenters. The molecule has 0 amide bonds. The average molecular weight is 264 g/mol. The smallest absolute Gasteiger partial charge is 0.143 e. The zero-order chi connectivity index (χ0) is 14.5. The van der Waals surface area contributed by atoms with E-state index in [-0.39, 0.29) is 12.0 Å². The van der Waals surface area contributed by atoms with Crippen LogP contribution in [0.2, 0.25) is 0 Å². The Bertz CT molecular complexity index is 363. The molecule has 0 saturated heterocycles. The van der Waals surface area contributed by atoms with Gasteiger partial charge in [0.25, 0.3) is 0 Å². The minimum atomic E-state index is -0.356. The van der Waals surface area contributed by atoms with Gasteiger partial charge < -0.3 is 5.11 Å². The van der Waals surface area contributed by atoms with Crippen LogP contribution >= 0.6 is 0 Å². The van der Waals surface area contributed by atoms with Gasteiger partial charge in [0.1, 0.15) is 5.78 Å². The molecule has 1 N–H and O–H groups in total. The summed E-state index contributed by atoms with van der Waals surface area (Å²) in [6.45, 7) is 10.6.